The van der Waals surface area contributed by atoms with Gasteiger partial charge in [0, 0.05) is 24.7 Å². The molecule has 1 aromatic carbocycles. The topological polar surface area (TPSA) is 82.8 Å². The summed E-state index contributed by atoms with van der Waals surface area (Å²) >= 11 is 3.17. The molecule has 2 aromatic rings. The largest absolute Gasteiger partial charge is 0.508 e. The predicted octanol–water partition coefficient (Wildman–Crippen LogP) is 2.78. The monoisotopic (exact) mass is 392 g/mol. The summed E-state index contributed by atoms with van der Waals surface area (Å²) in [7, 11) is 0. The molecule has 7 heteroatoms. The summed E-state index contributed by atoms with van der Waals surface area (Å²) in [5.41, 5.74) is 0.470. The highest BCUT2D eigenvalue weighted by molar-refractivity contribution is 9.10. The maximum Gasteiger partial charge on any atom is 0.287 e. The minimum atomic E-state index is -0.251. The number of benzene rings is 1. The minimum Gasteiger partial charge on any atom is -0.508 e. The van der Waals surface area contributed by atoms with Crippen LogP contribution in [-0.4, -0.2) is 41.0 Å². The van der Waals surface area contributed by atoms with Crippen LogP contribution < -0.4 is 5.32 Å². The number of hydrogen-bond acceptors (Lipinski definition) is 4. The summed E-state index contributed by atoms with van der Waals surface area (Å²) < 4.78 is 5.74. The van der Waals surface area contributed by atoms with Crippen LogP contribution in [0.4, 0.5) is 0 Å². The van der Waals surface area contributed by atoms with Gasteiger partial charge in [-0.05, 0) is 59.1 Å². The molecule has 0 atom stereocenters. The van der Waals surface area contributed by atoms with E-state index in [2.05, 4.69) is 21.2 Å². The zero-order valence-electron chi connectivity index (χ0n) is 12.9. The maximum atomic E-state index is 12.4. The van der Waals surface area contributed by atoms with Crippen molar-refractivity contribution in [3.8, 4) is 5.75 Å². The molecule has 0 unspecified atom stereocenters. The highest BCUT2D eigenvalue weighted by Crippen LogP contribution is 2.18. The van der Waals surface area contributed by atoms with Gasteiger partial charge in [0.2, 0.25) is 0 Å². The Balaban J connectivity index is 1.54. The number of phenols is 1. The molecule has 1 fully saturated rings. The first-order chi connectivity index (χ1) is 11.5. The van der Waals surface area contributed by atoms with Crippen LogP contribution in [0.25, 0.3) is 0 Å². The molecule has 2 amide bonds. The Bertz CT molecular complexity index is 751. The van der Waals surface area contributed by atoms with Gasteiger partial charge in [-0.1, -0.05) is 6.07 Å². The van der Waals surface area contributed by atoms with Crippen LogP contribution in [0.5, 0.6) is 5.75 Å². The molecule has 0 spiro atoms. The first kappa shape index (κ1) is 16.6. The van der Waals surface area contributed by atoms with E-state index < -0.39 is 0 Å². The fourth-order valence-electron chi connectivity index (χ4n) is 2.74. The molecule has 0 saturated carbocycles. The van der Waals surface area contributed by atoms with Gasteiger partial charge in [-0.25, -0.2) is 0 Å². The number of hydrogen-bond donors (Lipinski definition) is 2. The lowest BCUT2D eigenvalue weighted by molar-refractivity contribution is 0.0695. The van der Waals surface area contributed by atoms with Crippen molar-refractivity contribution in [3.05, 3.63) is 52.4 Å². The molecule has 2 N–H and O–H groups in total. The van der Waals surface area contributed by atoms with Gasteiger partial charge in [0.25, 0.3) is 11.8 Å². The van der Waals surface area contributed by atoms with Gasteiger partial charge in [0.15, 0.2) is 10.4 Å². The van der Waals surface area contributed by atoms with Gasteiger partial charge in [-0.3, -0.25) is 9.59 Å². The van der Waals surface area contributed by atoms with E-state index in [4.69, 9.17) is 4.42 Å². The number of rotatable bonds is 3. The zero-order chi connectivity index (χ0) is 17.1. The summed E-state index contributed by atoms with van der Waals surface area (Å²) in [5, 5.41) is 12.4. The molecule has 3 rings (SSSR count). The third-order valence-electron chi connectivity index (χ3n) is 4.01. The number of furan rings is 1. The summed E-state index contributed by atoms with van der Waals surface area (Å²) in [6, 6.07) is 9.62. The van der Waals surface area contributed by atoms with Crippen molar-refractivity contribution in [2.24, 2.45) is 0 Å². The lowest BCUT2D eigenvalue weighted by atomic mass is 10.0. The van der Waals surface area contributed by atoms with Crippen LogP contribution in [-0.2, 0) is 0 Å². The molecular weight excluding hydrogens is 376 g/mol. The molecular formula is C17H17BrN2O4. The number of likely N-dealkylation sites (tertiary alicyclic amines) is 1. The van der Waals surface area contributed by atoms with Crippen LogP contribution in [0, 0.1) is 0 Å². The first-order valence-electron chi connectivity index (χ1n) is 7.67. The molecule has 24 heavy (non-hydrogen) atoms. The van der Waals surface area contributed by atoms with E-state index >= 15 is 0 Å². The normalized spacial score (nSPS) is 15.3. The second-order valence-electron chi connectivity index (χ2n) is 5.69. The van der Waals surface area contributed by atoms with Crippen LogP contribution in [0.15, 0.2) is 45.5 Å². The molecule has 1 aromatic heterocycles. The molecule has 0 aliphatic carbocycles. The van der Waals surface area contributed by atoms with Gasteiger partial charge in [0.05, 0.1) is 0 Å². The second-order valence-corrected chi connectivity index (χ2v) is 6.48. The van der Waals surface area contributed by atoms with E-state index in [-0.39, 0.29) is 29.4 Å². The lowest BCUT2D eigenvalue weighted by Gasteiger charge is -2.32. The Labute approximate surface area is 147 Å². The molecule has 1 aliphatic heterocycles. The van der Waals surface area contributed by atoms with E-state index in [1.807, 2.05) is 0 Å². The Kier molecular flexibility index (Phi) is 4.89. The number of phenolic OH excluding ortho intramolecular Hbond substituents is 1. The van der Waals surface area contributed by atoms with Gasteiger partial charge in [-0.2, -0.15) is 0 Å². The highest BCUT2D eigenvalue weighted by Gasteiger charge is 2.25. The molecule has 1 saturated heterocycles. The Hall–Kier alpha value is -2.28. The fourth-order valence-corrected chi connectivity index (χ4v) is 3.05. The number of amides is 2. The number of carbonyl (C=O) groups excluding carboxylic acids is 2. The van der Waals surface area contributed by atoms with Crippen molar-refractivity contribution in [1.82, 2.24) is 10.2 Å². The average Bonchev–Trinajstić information content (AvgIpc) is 3.01. The van der Waals surface area contributed by atoms with E-state index in [1.54, 1.807) is 29.2 Å². The molecule has 6 nitrogen and oxygen atoms in total. The SMILES string of the molecule is O=C(NC1CCN(C(=O)c2cccc(O)c2)CC1)c1ccc(Br)o1. The predicted molar refractivity (Wildman–Crippen MR) is 90.9 cm³/mol. The third kappa shape index (κ3) is 3.79. The number of nitrogens with zero attached hydrogens (tertiary/aromatic N) is 1. The fraction of sp³-hybridized carbons (Fsp3) is 0.294. The number of carbonyl (C=O) groups is 2. The zero-order valence-corrected chi connectivity index (χ0v) is 14.5. The lowest BCUT2D eigenvalue weighted by Crippen LogP contribution is -2.46. The summed E-state index contributed by atoms with van der Waals surface area (Å²) in [6.07, 6.45) is 1.36. The smallest absolute Gasteiger partial charge is 0.287 e. The van der Waals surface area contributed by atoms with Crippen LogP contribution in [0.3, 0.4) is 0 Å². The summed E-state index contributed by atoms with van der Waals surface area (Å²) in [4.78, 5) is 26.2. The third-order valence-corrected chi connectivity index (χ3v) is 4.43. The van der Waals surface area contributed by atoms with Crippen molar-refractivity contribution in [2.45, 2.75) is 18.9 Å². The van der Waals surface area contributed by atoms with Gasteiger partial charge >= 0.3 is 0 Å². The number of aromatic hydroxyl groups is 1. The highest BCUT2D eigenvalue weighted by atomic mass is 79.9. The molecule has 1 aliphatic rings. The van der Waals surface area contributed by atoms with Crippen molar-refractivity contribution in [1.29, 1.82) is 0 Å². The average molecular weight is 393 g/mol. The number of halogens is 1. The van der Waals surface area contributed by atoms with Crippen molar-refractivity contribution in [2.75, 3.05) is 13.1 Å². The minimum absolute atomic E-state index is 0.00889. The molecule has 126 valence electrons. The van der Waals surface area contributed by atoms with Crippen LogP contribution >= 0.6 is 15.9 Å². The standard InChI is InChI=1S/C17H17BrN2O4/c18-15-5-4-14(24-15)16(22)19-12-6-8-20(9-7-12)17(23)11-2-1-3-13(21)10-11/h1-5,10,12,21H,6-9H2,(H,19,22). The Morgan fingerprint density at radius 3 is 2.58 bits per heavy atom. The van der Waals surface area contributed by atoms with Crippen molar-refractivity contribution >= 4 is 27.7 Å². The van der Waals surface area contributed by atoms with E-state index in [0.29, 0.717) is 36.2 Å². The number of nitrogens with one attached hydrogen (secondary N) is 1. The van der Waals surface area contributed by atoms with Crippen LogP contribution in [0.2, 0.25) is 0 Å². The Morgan fingerprint density at radius 1 is 1.21 bits per heavy atom. The van der Waals surface area contributed by atoms with Crippen LogP contribution in [0.1, 0.15) is 33.8 Å². The van der Waals surface area contributed by atoms with E-state index in [1.165, 1.54) is 12.1 Å². The van der Waals surface area contributed by atoms with E-state index in [0.717, 1.165) is 0 Å². The summed E-state index contributed by atoms with van der Waals surface area (Å²) in [5.74, 6) is -0.0168. The van der Waals surface area contributed by atoms with Gasteiger partial charge in [-0.15, -0.1) is 0 Å². The quantitative estimate of drug-likeness (QED) is 0.840. The Morgan fingerprint density at radius 2 is 1.96 bits per heavy atom. The van der Waals surface area contributed by atoms with E-state index in [9.17, 15) is 14.7 Å². The second kappa shape index (κ2) is 7.09. The number of piperidine rings is 1. The molecule has 0 radical (unpaired) electrons. The molecule has 0 bridgehead atoms. The maximum absolute atomic E-state index is 12.4. The van der Waals surface area contributed by atoms with Gasteiger partial charge in [0.1, 0.15) is 5.75 Å². The van der Waals surface area contributed by atoms with Crippen molar-refractivity contribution in [3.63, 3.8) is 0 Å². The van der Waals surface area contributed by atoms with Crippen molar-refractivity contribution < 1.29 is 19.1 Å². The molecule has 2 heterocycles. The van der Waals surface area contributed by atoms with Gasteiger partial charge < -0.3 is 19.7 Å². The summed E-state index contributed by atoms with van der Waals surface area (Å²) in [6.45, 7) is 1.11. The first-order valence-corrected chi connectivity index (χ1v) is 8.47.